The highest BCUT2D eigenvalue weighted by molar-refractivity contribution is 5.76. The Labute approximate surface area is 170 Å². The lowest BCUT2D eigenvalue weighted by Crippen LogP contribution is -2.50. The minimum Gasteiger partial charge on any atom is -0.356 e. The fourth-order valence-electron chi connectivity index (χ4n) is 3.82. The molecule has 0 N–H and O–H groups in total. The molecule has 2 aromatic rings. The number of carbonyl (C=O) groups is 1. The number of hydrogen-bond donors (Lipinski definition) is 0. The van der Waals surface area contributed by atoms with Crippen LogP contribution < -0.4 is 15.4 Å². The van der Waals surface area contributed by atoms with Gasteiger partial charge >= 0.3 is 0 Å². The smallest absolute Gasteiger partial charge is 0.253 e. The molecular formula is C20H27N7O2. The Morgan fingerprint density at radius 2 is 1.66 bits per heavy atom. The molecule has 29 heavy (non-hydrogen) atoms. The van der Waals surface area contributed by atoms with Gasteiger partial charge in [-0.25, -0.2) is 9.97 Å². The van der Waals surface area contributed by atoms with Gasteiger partial charge in [0.15, 0.2) is 0 Å². The summed E-state index contributed by atoms with van der Waals surface area (Å²) in [5.41, 5.74) is 1.41. The normalized spacial score (nSPS) is 17.1. The highest BCUT2D eigenvalue weighted by atomic mass is 16.2. The lowest BCUT2D eigenvalue weighted by atomic mass is 10.3. The van der Waals surface area contributed by atoms with Crippen LogP contribution in [0.2, 0.25) is 0 Å². The third-order valence-electron chi connectivity index (χ3n) is 5.50. The molecule has 154 valence electrons. The Morgan fingerprint density at radius 3 is 2.34 bits per heavy atom. The molecule has 2 fully saturated rings. The lowest BCUT2D eigenvalue weighted by Gasteiger charge is -2.35. The first-order valence-corrected chi connectivity index (χ1v) is 10.2. The number of hydrogen-bond acceptors (Lipinski definition) is 7. The third kappa shape index (κ3) is 4.38. The second-order valence-corrected chi connectivity index (χ2v) is 7.73. The number of amides is 1. The van der Waals surface area contributed by atoms with Gasteiger partial charge in [-0.3, -0.25) is 14.2 Å². The van der Waals surface area contributed by atoms with Crippen molar-refractivity contribution in [2.45, 2.75) is 33.2 Å². The Balaban J connectivity index is 1.39. The molecule has 4 rings (SSSR count). The van der Waals surface area contributed by atoms with Crippen LogP contribution >= 0.6 is 0 Å². The van der Waals surface area contributed by atoms with Gasteiger partial charge in [-0.05, 0) is 26.7 Å². The van der Waals surface area contributed by atoms with Crippen molar-refractivity contribution in [2.75, 3.05) is 49.1 Å². The predicted octanol–water partition coefficient (Wildman–Crippen LogP) is 0.599. The zero-order valence-corrected chi connectivity index (χ0v) is 17.0. The highest BCUT2D eigenvalue weighted by Gasteiger charge is 2.24. The van der Waals surface area contributed by atoms with Crippen molar-refractivity contribution in [1.29, 1.82) is 0 Å². The first-order valence-electron chi connectivity index (χ1n) is 10.2. The lowest BCUT2D eigenvalue weighted by molar-refractivity contribution is -0.132. The molecule has 0 unspecified atom stereocenters. The van der Waals surface area contributed by atoms with Crippen molar-refractivity contribution in [1.82, 2.24) is 24.4 Å². The molecule has 9 heteroatoms. The van der Waals surface area contributed by atoms with E-state index >= 15 is 0 Å². The van der Waals surface area contributed by atoms with Crippen LogP contribution in [0.15, 0.2) is 23.3 Å². The van der Waals surface area contributed by atoms with Crippen molar-refractivity contribution >= 4 is 17.7 Å². The van der Waals surface area contributed by atoms with E-state index in [1.807, 2.05) is 13.0 Å². The van der Waals surface area contributed by atoms with E-state index in [4.69, 9.17) is 4.98 Å². The number of aromatic nitrogens is 4. The summed E-state index contributed by atoms with van der Waals surface area (Å²) < 4.78 is 1.35. The summed E-state index contributed by atoms with van der Waals surface area (Å²) >= 11 is 0. The fraction of sp³-hybridized carbons (Fsp3) is 0.550. The molecular weight excluding hydrogens is 370 g/mol. The summed E-state index contributed by atoms with van der Waals surface area (Å²) in [6.07, 6.45) is 3.85. The van der Waals surface area contributed by atoms with Crippen LogP contribution in [0.4, 0.5) is 11.8 Å². The van der Waals surface area contributed by atoms with Crippen molar-refractivity contribution in [3.63, 3.8) is 0 Å². The van der Waals surface area contributed by atoms with E-state index in [9.17, 15) is 9.59 Å². The van der Waals surface area contributed by atoms with Crippen molar-refractivity contribution < 1.29 is 4.79 Å². The van der Waals surface area contributed by atoms with E-state index in [1.165, 1.54) is 29.8 Å². The summed E-state index contributed by atoms with van der Waals surface area (Å²) in [6, 6.07) is 3.49. The van der Waals surface area contributed by atoms with Crippen LogP contribution in [-0.2, 0) is 11.3 Å². The molecule has 2 saturated heterocycles. The van der Waals surface area contributed by atoms with Gasteiger partial charge in [-0.1, -0.05) is 0 Å². The molecule has 0 aliphatic carbocycles. The first-order chi connectivity index (χ1) is 14.0. The van der Waals surface area contributed by atoms with Crippen LogP contribution in [0.3, 0.4) is 0 Å². The maximum atomic E-state index is 12.6. The summed E-state index contributed by atoms with van der Waals surface area (Å²) in [7, 11) is 0. The van der Waals surface area contributed by atoms with Crippen molar-refractivity contribution in [2.24, 2.45) is 0 Å². The van der Waals surface area contributed by atoms with Gasteiger partial charge in [0.2, 0.25) is 11.9 Å². The van der Waals surface area contributed by atoms with Gasteiger partial charge in [0.05, 0.1) is 6.33 Å². The van der Waals surface area contributed by atoms with Gasteiger partial charge in [0.25, 0.3) is 5.56 Å². The highest BCUT2D eigenvalue weighted by Crippen LogP contribution is 2.22. The zero-order valence-electron chi connectivity index (χ0n) is 17.0. The molecule has 9 nitrogen and oxygen atoms in total. The SMILES string of the molecule is Cc1cc(=O)n(CC(=O)N2CCN(c3nc(C)cc(N4CCCC4)n3)CC2)cn1. The van der Waals surface area contributed by atoms with Gasteiger partial charge in [0.1, 0.15) is 12.4 Å². The molecule has 2 aliphatic heterocycles. The molecule has 2 aromatic heterocycles. The quantitative estimate of drug-likeness (QED) is 0.747. The minimum absolute atomic E-state index is 0.0200. The first kappa shape index (κ1) is 19.4. The molecule has 0 atom stereocenters. The standard InChI is InChI=1S/C20H27N7O2/c1-15-12-18(28)27(14-21-15)13-19(29)25-7-9-26(10-8-25)20-22-16(2)11-17(23-20)24-5-3-4-6-24/h11-12,14H,3-10,13H2,1-2H3. The van der Waals surface area contributed by atoms with Gasteiger partial charge in [-0.15, -0.1) is 0 Å². The van der Waals surface area contributed by atoms with Crippen LogP contribution in [0.5, 0.6) is 0 Å². The predicted molar refractivity (Wildman–Crippen MR) is 110 cm³/mol. The van der Waals surface area contributed by atoms with E-state index in [1.54, 1.807) is 11.8 Å². The molecule has 0 aromatic carbocycles. The summed E-state index contributed by atoms with van der Waals surface area (Å²) in [4.78, 5) is 44.3. The van der Waals surface area contributed by atoms with Gasteiger partial charge in [-0.2, -0.15) is 4.98 Å². The average Bonchev–Trinajstić information content (AvgIpc) is 3.25. The molecule has 2 aliphatic rings. The number of piperazine rings is 1. The number of anilines is 2. The summed E-state index contributed by atoms with van der Waals surface area (Å²) in [6.45, 7) is 8.40. The average molecular weight is 397 g/mol. The van der Waals surface area contributed by atoms with Gasteiger partial charge < -0.3 is 14.7 Å². The largest absolute Gasteiger partial charge is 0.356 e. The maximum Gasteiger partial charge on any atom is 0.253 e. The molecule has 0 radical (unpaired) electrons. The van der Waals surface area contributed by atoms with Crippen molar-refractivity contribution in [3.8, 4) is 0 Å². The van der Waals surface area contributed by atoms with E-state index < -0.39 is 0 Å². The zero-order chi connectivity index (χ0) is 20.4. The minimum atomic E-state index is -0.202. The maximum absolute atomic E-state index is 12.6. The van der Waals surface area contributed by atoms with E-state index in [2.05, 4.69) is 19.8 Å². The fourth-order valence-corrected chi connectivity index (χ4v) is 3.82. The molecule has 0 saturated carbocycles. The van der Waals surface area contributed by atoms with E-state index in [-0.39, 0.29) is 18.0 Å². The molecule has 0 spiro atoms. The molecule has 0 bridgehead atoms. The van der Waals surface area contributed by atoms with E-state index in [0.29, 0.717) is 31.9 Å². The topological polar surface area (TPSA) is 87.5 Å². The molecule has 1 amide bonds. The molecule has 4 heterocycles. The third-order valence-corrected chi connectivity index (χ3v) is 5.50. The number of aryl methyl sites for hydroxylation is 2. The Bertz CT molecular complexity index is 944. The monoisotopic (exact) mass is 397 g/mol. The van der Waals surface area contributed by atoms with Gasteiger partial charge in [0, 0.05) is 62.8 Å². The van der Waals surface area contributed by atoms with E-state index in [0.717, 1.165) is 30.5 Å². The van der Waals surface area contributed by atoms with Crippen LogP contribution in [0.1, 0.15) is 24.2 Å². The Morgan fingerprint density at radius 1 is 0.931 bits per heavy atom. The number of rotatable bonds is 4. The Hall–Kier alpha value is -2.97. The second-order valence-electron chi connectivity index (χ2n) is 7.73. The summed E-state index contributed by atoms with van der Waals surface area (Å²) in [5, 5.41) is 0. The van der Waals surface area contributed by atoms with Crippen LogP contribution in [-0.4, -0.2) is 69.6 Å². The van der Waals surface area contributed by atoms with Crippen molar-refractivity contribution in [3.05, 3.63) is 40.2 Å². The number of nitrogens with zero attached hydrogens (tertiary/aromatic N) is 7. The second kappa shape index (κ2) is 8.18. The number of carbonyl (C=O) groups excluding carboxylic acids is 1. The van der Waals surface area contributed by atoms with Crippen LogP contribution in [0, 0.1) is 13.8 Å². The summed E-state index contributed by atoms with van der Waals surface area (Å²) in [5.74, 6) is 1.66. The Kier molecular flexibility index (Phi) is 5.46. The van der Waals surface area contributed by atoms with Crippen LogP contribution in [0.25, 0.3) is 0 Å².